The van der Waals surface area contributed by atoms with Crippen molar-refractivity contribution in [3.8, 4) is 17.5 Å². The molecule has 1 aliphatic rings. The van der Waals surface area contributed by atoms with Gasteiger partial charge in [0.2, 0.25) is 5.89 Å². The Morgan fingerprint density at radius 2 is 1.93 bits per heavy atom. The van der Waals surface area contributed by atoms with Gasteiger partial charge in [0.1, 0.15) is 11.6 Å². The Hall–Kier alpha value is -5.34. The second-order valence-electron chi connectivity index (χ2n) is 9.90. The Morgan fingerprint density at radius 3 is 2.66 bits per heavy atom. The summed E-state index contributed by atoms with van der Waals surface area (Å²) < 4.78 is 20.6. The van der Waals surface area contributed by atoms with Crippen LogP contribution in [0.2, 0.25) is 0 Å². The van der Waals surface area contributed by atoms with Gasteiger partial charge in [0.05, 0.1) is 47.1 Å². The summed E-state index contributed by atoms with van der Waals surface area (Å²) in [5.41, 5.74) is 3.91. The van der Waals surface area contributed by atoms with E-state index in [-0.39, 0.29) is 11.9 Å². The average Bonchev–Trinajstić information content (AvgIpc) is 3.74. The van der Waals surface area contributed by atoms with Crippen LogP contribution in [0.4, 0.5) is 4.39 Å². The molecule has 0 saturated heterocycles. The number of fused-ring (bicyclic) bond motifs is 3. The molecule has 0 saturated carbocycles. The van der Waals surface area contributed by atoms with Crippen molar-refractivity contribution < 1.29 is 8.81 Å². The molecule has 202 valence electrons. The van der Waals surface area contributed by atoms with E-state index in [9.17, 15) is 14.4 Å². The molecular weight excluding hydrogens is 523 g/mol. The van der Waals surface area contributed by atoms with Gasteiger partial charge in [-0.1, -0.05) is 30.3 Å². The lowest BCUT2D eigenvalue weighted by molar-refractivity contribution is 0.284. The summed E-state index contributed by atoms with van der Waals surface area (Å²) in [5.74, 6) is -0.204. The van der Waals surface area contributed by atoms with Crippen LogP contribution in [0.5, 0.6) is 0 Å². The number of aromatic nitrogens is 6. The van der Waals surface area contributed by atoms with Gasteiger partial charge in [-0.2, -0.15) is 9.94 Å². The lowest BCUT2D eigenvalue weighted by Crippen LogP contribution is -2.51. The van der Waals surface area contributed by atoms with Crippen molar-refractivity contribution in [3.63, 3.8) is 0 Å². The maximum absolute atomic E-state index is 13.5. The number of para-hydroxylation sites is 1. The summed E-state index contributed by atoms with van der Waals surface area (Å²) in [4.78, 5) is 28.6. The number of halogens is 1. The van der Waals surface area contributed by atoms with Crippen molar-refractivity contribution in [1.82, 2.24) is 35.0 Å². The zero-order valence-electron chi connectivity index (χ0n) is 21.9. The van der Waals surface area contributed by atoms with E-state index in [1.54, 1.807) is 24.4 Å². The number of aryl methyl sites for hydroxylation is 1. The molecule has 10 nitrogen and oxygen atoms in total. The van der Waals surface area contributed by atoms with Gasteiger partial charge in [0.25, 0.3) is 0 Å². The number of hydrogen-bond acceptors (Lipinski definition) is 7. The smallest absolute Gasteiger partial charge is 0.389 e. The normalized spacial score (nSPS) is 18.3. The lowest BCUT2D eigenvalue weighted by atomic mass is 9.78. The van der Waals surface area contributed by atoms with E-state index >= 15 is 0 Å². The molecule has 4 aromatic heterocycles. The van der Waals surface area contributed by atoms with Gasteiger partial charge in [-0.05, 0) is 54.8 Å². The van der Waals surface area contributed by atoms with Crippen molar-refractivity contribution in [2.75, 3.05) is 0 Å². The first kappa shape index (κ1) is 24.7. The Bertz CT molecular complexity index is 2000. The largest absolute Gasteiger partial charge is 0.437 e. The van der Waals surface area contributed by atoms with E-state index in [1.807, 2.05) is 43.3 Å². The molecule has 3 N–H and O–H groups in total. The third kappa shape index (κ3) is 3.88. The topological polar surface area (TPSA) is 141 Å². The minimum Gasteiger partial charge on any atom is -0.389 e. The fourth-order valence-corrected chi connectivity index (χ4v) is 5.64. The molecule has 1 unspecified atom stereocenters. The number of benzene rings is 2. The van der Waals surface area contributed by atoms with E-state index in [2.05, 4.69) is 36.4 Å². The number of nitrogens with one attached hydrogen (secondary N) is 3. The second-order valence-corrected chi connectivity index (χ2v) is 9.90. The van der Waals surface area contributed by atoms with Crippen molar-refractivity contribution in [2.45, 2.75) is 31.5 Å². The number of nitrogens with zero attached hydrogens (tertiary/aromatic N) is 5. The molecule has 11 heteroatoms. The number of hydrogen-bond donors (Lipinski definition) is 3. The molecule has 41 heavy (non-hydrogen) atoms. The van der Waals surface area contributed by atoms with Crippen LogP contribution in [0, 0.1) is 17.1 Å². The van der Waals surface area contributed by atoms with E-state index in [4.69, 9.17) is 4.42 Å². The number of imidazole rings is 1. The van der Waals surface area contributed by atoms with Crippen molar-refractivity contribution >= 4 is 10.9 Å². The number of rotatable bonds is 5. The summed E-state index contributed by atoms with van der Waals surface area (Å²) in [7, 11) is 0. The predicted molar refractivity (Wildman–Crippen MR) is 147 cm³/mol. The molecule has 2 aromatic carbocycles. The van der Waals surface area contributed by atoms with Crippen molar-refractivity contribution in [3.05, 3.63) is 124 Å². The summed E-state index contributed by atoms with van der Waals surface area (Å²) in [6.45, 7) is 2.16. The van der Waals surface area contributed by atoms with Crippen LogP contribution in [-0.4, -0.2) is 29.7 Å². The minimum absolute atomic E-state index is 0.165. The third-order valence-electron chi connectivity index (χ3n) is 7.59. The third-order valence-corrected chi connectivity index (χ3v) is 7.59. The lowest BCUT2D eigenvalue weighted by Gasteiger charge is -2.39. The first-order chi connectivity index (χ1) is 20.0. The summed E-state index contributed by atoms with van der Waals surface area (Å²) in [5, 5.41) is 18.8. The molecule has 0 fully saturated rings. The summed E-state index contributed by atoms with van der Waals surface area (Å²) in [6.07, 6.45) is 3.38. The number of nitriles is 1. The zero-order valence-corrected chi connectivity index (χ0v) is 21.9. The second kappa shape index (κ2) is 9.39. The zero-order chi connectivity index (χ0) is 28.1. The van der Waals surface area contributed by atoms with Crippen LogP contribution >= 0.6 is 0 Å². The Kier molecular flexibility index (Phi) is 5.65. The van der Waals surface area contributed by atoms with Crippen molar-refractivity contribution in [1.29, 1.82) is 5.26 Å². The van der Waals surface area contributed by atoms with Gasteiger partial charge in [0, 0.05) is 17.4 Å². The molecule has 0 spiro atoms. The van der Waals surface area contributed by atoms with Gasteiger partial charge < -0.3 is 14.4 Å². The first-order valence-electron chi connectivity index (χ1n) is 13.1. The average molecular weight is 547 g/mol. The fourth-order valence-electron chi connectivity index (χ4n) is 5.64. The minimum atomic E-state index is -1.23. The molecule has 5 heterocycles. The maximum atomic E-state index is 13.5. The maximum Gasteiger partial charge on any atom is 0.437 e. The fraction of sp³-hybridized carbons (Fsp3) is 0.167. The van der Waals surface area contributed by atoms with Gasteiger partial charge in [0.15, 0.2) is 5.54 Å². The highest BCUT2D eigenvalue weighted by molar-refractivity contribution is 5.86. The van der Waals surface area contributed by atoms with Crippen LogP contribution in [0.25, 0.3) is 22.3 Å². The standard InChI is InChI=1S/C30H23FN8O2/c1-2-39-29(40)41-28(38-39)30(18-9-7-17(14-32)8-10-18)26-21(20-5-3-4-6-22(20)35-26)13-24(37-30)27-34-16-25(36-27)23-12-11-19(31)15-33-23/h3-12,15-16,24,35,37H,2,13H2,1H3,(H,34,36)/t24-,30?/m1/s1. The van der Waals surface area contributed by atoms with Crippen LogP contribution in [0.3, 0.4) is 0 Å². The van der Waals surface area contributed by atoms with E-state index in [0.29, 0.717) is 35.7 Å². The van der Waals surface area contributed by atoms with Crippen LogP contribution in [-0.2, 0) is 18.5 Å². The molecule has 0 radical (unpaired) electrons. The number of pyridine rings is 1. The first-order valence-corrected chi connectivity index (χ1v) is 13.1. The predicted octanol–water partition coefficient (Wildman–Crippen LogP) is 4.31. The molecular formula is C30H23FN8O2. The van der Waals surface area contributed by atoms with E-state index < -0.39 is 17.1 Å². The Labute approximate surface area is 232 Å². The van der Waals surface area contributed by atoms with Crippen molar-refractivity contribution in [2.24, 2.45) is 0 Å². The van der Waals surface area contributed by atoms with Gasteiger partial charge in [-0.15, -0.1) is 5.10 Å². The molecule has 0 amide bonds. The molecule has 0 aliphatic carbocycles. The SMILES string of the molecule is CCn1nc(C2(c3ccc(C#N)cc3)N[C@@H](c3ncc(-c4ccc(F)cn4)[nH]3)Cc3c2[nH]c2ccccc32)oc1=O. The van der Waals surface area contributed by atoms with Crippen LogP contribution < -0.4 is 11.1 Å². The van der Waals surface area contributed by atoms with Gasteiger partial charge in [-0.3, -0.25) is 10.3 Å². The summed E-state index contributed by atoms with van der Waals surface area (Å²) >= 11 is 0. The quantitative estimate of drug-likeness (QED) is 0.293. The van der Waals surface area contributed by atoms with Crippen LogP contribution in [0.1, 0.15) is 47.1 Å². The van der Waals surface area contributed by atoms with Gasteiger partial charge in [-0.25, -0.2) is 14.2 Å². The Balaban J connectivity index is 1.47. The number of H-pyrrole nitrogens is 2. The highest BCUT2D eigenvalue weighted by Gasteiger charge is 2.50. The molecule has 6 aromatic rings. The number of aromatic amines is 2. The monoisotopic (exact) mass is 546 g/mol. The highest BCUT2D eigenvalue weighted by Crippen LogP contribution is 2.46. The molecule has 1 aliphatic heterocycles. The van der Waals surface area contributed by atoms with E-state index in [0.717, 1.165) is 33.9 Å². The highest BCUT2D eigenvalue weighted by atomic mass is 19.1. The Morgan fingerprint density at radius 1 is 1.10 bits per heavy atom. The molecule has 2 atom stereocenters. The van der Waals surface area contributed by atoms with Gasteiger partial charge >= 0.3 is 5.76 Å². The van der Waals surface area contributed by atoms with E-state index in [1.165, 1.54) is 10.7 Å². The van der Waals surface area contributed by atoms with Crippen LogP contribution in [0.15, 0.2) is 82.3 Å². The molecule has 0 bridgehead atoms. The molecule has 7 rings (SSSR count). The summed E-state index contributed by atoms with van der Waals surface area (Å²) in [6, 6.07) is 19.8.